The molecule has 2 amide bonds. The van der Waals surface area contributed by atoms with Gasteiger partial charge in [0.05, 0.1) is 12.1 Å². The number of ether oxygens (including phenoxy) is 1. The van der Waals surface area contributed by atoms with Crippen molar-refractivity contribution in [2.24, 2.45) is 5.41 Å². The molecule has 2 N–H and O–H groups in total. The van der Waals surface area contributed by atoms with Crippen molar-refractivity contribution in [3.05, 3.63) is 23.2 Å². The van der Waals surface area contributed by atoms with Crippen LogP contribution in [0.3, 0.4) is 0 Å². The monoisotopic (exact) mass is 324 g/mol. The first-order chi connectivity index (χ1) is 10.5. The average molecular weight is 325 g/mol. The molecule has 1 saturated carbocycles. The summed E-state index contributed by atoms with van der Waals surface area (Å²) < 4.78 is 5.07. The van der Waals surface area contributed by atoms with Crippen molar-refractivity contribution in [2.75, 3.05) is 19.0 Å². The first kappa shape index (κ1) is 16.6. The SMILES string of the molecule is CCCCNC(=O)C1(C(=O)Nc2ccc(OC)c(Cl)c2)CC1. The zero-order valence-electron chi connectivity index (χ0n) is 12.9. The van der Waals surface area contributed by atoms with Gasteiger partial charge in [0.15, 0.2) is 0 Å². The van der Waals surface area contributed by atoms with Crippen molar-refractivity contribution in [3.8, 4) is 5.75 Å². The molecule has 0 aromatic heterocycles. The minimum Gasteiger partial charge on any atom is -0.495 e. The fourth-order valence-corrected chi connectivity index (χ4v) is 2.48. The van der Waals surface area contributed by atoms with Crippen LogP contribution in [0.2, 0.25) is 5.02 Å². The van der Waals surface area contributed by atoms with Crippen LogP contribution in [0.1, 0.15) is 32.6 Å². The predicted molar refractivity (Wildman–Crippen MR) is 86.2 cm³/mol. The van der Waals surface area contributed by atoms with E-state index in [1.54, 1.807) is 18.2 Å². The lowest BCUT2D eigenvalue weighted by Gasteiger charge is -2.15. The summed E-state index contributed by atoms with van der Waals surface area (Å²) >= 11 is 6.03. The summed E-state index contributed by atoms with van der Waals surface area (Å²) in [4.78, 5) is 24.6. The highest BCUT2D eigenvalue weighted by Crippen LogP contribution is 2.47. The van der Waals surface area contributed by atoms with Gasteiger partial charge < -0.3 is 15.4 Å². The number of carbonyl (C=O) groups excluding carboxylic acids is 2. The lowest BCUT2D eigenvalue weighted by atomic mass is 10.0. The Morgan fingerprint density at radius 2 is 2.05 bits per heavy atom. The Bertz CT molecular complexity index is 571. The van der Waals surface area contributed by atoms with E-state index in [4.69, 9.17) is 16.3 Å². The second-order valence-electron chi connectivity index (χ2n) is 5.50. The molecule has 0 aliphatic heterocycles. The molecule has 0 spiro atoms. The van der Waals surface area contributed by atoms with E-state index >= 15 is 0 Å². The molecule has 0 radical (unpaired) electrons. The summed E-state index contributed by atoms with van der Waals surface area (Å²) in [5.41, 5.74) is -0.358. The summed E-state index contributed by atoms with van der Waals surface area (Å²) in [6, 6.07) is 5.00. The first-order valence-corrected chi connectivity index (χ1v) is 7.84. The minimum atomic E-state index is -0.917. The Kier molecular flexibility index (Phi) is 5.29. The zero-order valence-corrected chi connectivity index (χ0v) is 13.6. The van der Waals surface area contributed by atoms with Crippen molar-refractivity contribution >= 4 is 29.1 Å². The molecule has 5 nitrogen and oxygen atoms in total. The molecule has 0 unspecified atom stereocenters. The number of hydrogen-bond acceptors (Lipinski definition) is 3. The van der Waals surface area contributed by atoms with E-state index in [0.717, 1.165) is 12.8 Å². The highest BCUT2D eigenvalue weighted by Gasteiger charge is 2.56. The van der Waals surface area contributed by atoms with Crippen LogP contribution in [0.5, 0.6) is 5.75 Å². The van der Waals surface area contributed by atoms with E-state index in [1.165, 1.54) is 7.11 Å². The van der Waals surface area contributed by atoms with Gasteiger partial charge in [0.1, 0.15) is 11.2 Å². The van der Waals surface area contributed by atoms with Gasteiger partial charge in [0.25, 0.3) is 0 Å². The number of hydrogen-bond donors (Lipinski definition) is 2. The summed E-state index contributed by atoms with van der Waals surface area (Å²) in [6.45, 7) is 2.66. The van der Waals surface area contributed by atoms with Crippen LogP contribution in [0.25, 0.3) is 0 Å². The van der Waals surface area contributed by atoms with Gasteiger partial charge in [-0.3, -0.25) is 9.59 Å². The smallest absolute Gasteiger partial charge is 0.240 e. The molecule has 120 valence electrons. The van der Waals surface area contributed by atoms with Crippen LogP contribution in [0, 0.1) is 5.41 Å². The van der Waals surface area contributed by atoms with Crippen molar-refractivity contribution < 1.29 is 14.3 Å². The molecule has 22 heavy (non-hydrogen) atoms. The van der Waals surface area contributed by atoms with Crippen LogP contribution in [-0.4, -0.2) is 25.5 Å². The van der Waals surface area contributed by atoms with Crippen LogP contribution in [0.15, 0.2) is 18.2 Å². The maximum atomic E-state index is 12.4. The number of benzene rings is 1. The third-order valence-corrected chi connectivity index (χ3v) is 4.14. The van der Waals surface area contributed by atoms with Crippen molar-refractivity contribution in [1.82, 2.24) is 5.32 Å². The summed E-state index contributed by atoms with van der Waals surface area (Å²) in [6.07, 6.45) is 3.09. The normalized spacial score (nSPS) is 15.0. The number of nitrogens with one attached hydrogen (secondary N) is 2. The highest BCUT2D eigenvalue weighted by molar-refractivity contribution is 6.32. The third-order valence-electron chi connectivity index (χ3n) is 3.84. The first-order valence-electron chi connectivity index (χ1n) is 7.47. The lowest BCUT2D eigenvalue weighted by molar-refractivity contribution is -0.134. The Morgan fingerprint density at radius 1 is 1.32 bits per heavy atom. The van der Waals surface area contributed by atoms with Gasteiger partial charge in [-0.25, -0.2) is 0 Å². The maximum absolute atomic E-state index is 12.4. The summed E-state index contributed by atoms with van der Waals surface area (Å²) in [5, 5.41) is 6.02. The number of unbranched alkanes of at least 4 members (excludes halogenated alkanes) is 1. The second kappa shape index (κ2) is 7.01. The molecular formula is C16H21ClN2O3. The largest absolute Gasteiger partial charge is 0.495 e. The van der Waals surface area contributed by atoms with E-state index in [0.29, 0.717) is 35.8 Å². The number of anilines is 1. The maximum Gasteiger partial charge on any atom is 0.240 e. The molecule has 2 rings (SSSR count). The van der Waals surface area contributed by atoms with Crippen LogP contribution in [-0.2, 0) is 9.59 Å². The fraction of sp³-hybridized carbons (Fsp3) is 0.500. The Labute approximate surface area is 135 Å². The van der Waals surface area contributed by atoms with Crippen molar-refractivity contribution in [2.45, 2.75) is 32.6 Å². The second-order valence-corrected chi connectivity index (χ2v) is 5.90. The molecule has 0 heterocycles. The number of methoxy groups -OCH3 is 1. The molecule has 1 aliphatic rings. The van der Waals surface area contributed by atoms with Crippen LogP contribution in [0.4, 0.5) is 5.69 Å². The van der Waals surface area contributed by atoms with Crippen molar-refractivity contribution in [3.63, 3.8) is 0 Å². The number of halogens is 1. The van der Waals surface area contributed by atoms with Gasteiger partial charge in [-0.15, -0.1) is 0 Å². The third kappa shape index (κ3) is 3.53. The van der Waals surface area contributed by atoms with E-state index in [-0.39, 0.29) is 11.8 Å². The van der Waals surface area contributed by atoms with Crippen LogP contribution < -0.4 is 15.4 Å². The molecule has 0 atom stereocenters. The van der Waals surface area contributed by atoms with E-state index in [2.05, 4.69) is 17.6 Å². The standard InChI is InChI=1S/C16H21ClN2O3/c1-3-4-9-18-14(20)16(7-8-16)15(21)19-11-5-6-13(22-2)12(17)10-11/h5-6,10H,3-4,7-9H2,1-2H3,(H,18,20)(H,19,21). The quantitative estimate of drug-likeness (QED) is 0.598. The van der Waals surface area contributed by atoms with Gasteiger partial charge in [0, 0.05) is 12.2 Å². The van der Waals surface area contributed by atoms with Gasteiger partial charge in [-0.05, 0) is 37.5 Å². The molecular weight excluding hydrogens is 304 g/mol. The summed E-state index contributed by atoms with van der Waals surface area (Å²) in [7, 11) is 1.53. The minimum absolute atomic E-state index is 0.182. The molecule has 1 fully saturated rings. The molecule has 1 aromatic carbocycles. The topological polar surface area (TPSA) is 67.4 Å². The molecule has 0 bridgehead atoms. The van der Waals surface area contributed by atoms with Crippen molar-refractivity contribution in [1.29, 1.82) is 0 Å². The van der Waals surface area contributed by atoms with E-state index in [1.807, 2.05) is 0 Å². The molecule has 1 aromatic rings. The number of carbonyl (C=O) groups is 2. The average Bonchev–Trinajstić information content (AvgIpc) is 3.29. The lowest BCUT2D eigenvalue weighted by Crippen LogP contribution is -2.40. The number of rotatable bonds is 7. The van der Waals surface area contributed by atoms with E-state index < -0.39 is 5.41 Å². The summed E-state index contributed by atoms with van der Waals surface area (Å²) in [5.74, 6) is 0.0823. The Morgan fingerprint density at radius 3 is 2.59 bits per heavy atom. The van der Waals surface area contributed by atoms with Gasteiger partial charge in [0.2, 0.25) is 11.8 Å². The Hall–Kier alpha value is -1.75. The molecule has 1 aliphatic carbocycles. The van der Waals surface area contributed by atoms with Gasteiger partial charge in [-0.1, -0.05) is 24.9 Å². The van der Waals surface area contributed by atoms with E-state index in [9.17, 15) is 9.59 Å². The van der Waals surface area contributed by atoms with Gasteiger partial charge >= 0.3 is 0 Å². The molecule has 0 saturated heterocycles. The fourth-order valence-electron chi connectivity index (χ4n) is 2.22. The highest BCUT2D eigenvalue weighted by atomic mass is 35.5. The van der Waals surface area contributed by atoms with Crippen LogP contribution >= 0.6 is 11.6 Å². The Balaban J connectivity index is 1.99. The zero-order chi connectivity index (χ0) is 16.2. The predicted octanol–water partition coefficient (Wildman–Crippen LogP) is 2.98. The molecule has 6 heteroatoms. The van der Waals surface area contributed by atoms with Gasteiger partial charge in [-0.2, -0.15) is 0 Å². The number of amides is 2.